The molecule has 9 heteroatoms. The highest BCUT2D eigenvalue weighted by atomic mass is 32.2. The highest BCUT2D eigenvalue weighted by molar-refractivity contribution is 7.89. The number of carbonyl (C=O) groups excluding carboxylic acids is 1. The lowest BCUT2D eigenvalue weighted by Crippen LogP contribution is -3.14. The molecule has 2 aliphatic heterocycles. The van der Waals surface area contributed by atoms with Gasteiger partial charge < -0.3 is 19.3 Å². The van der Waals surface area contributed by atoms with Crippen LogP contribution in [0.4, 0.5) is 0 Å². The standard InChI is InChI=1S/C20H31N3O5S/c1-4-21-11-13-22(14-12-21)20(24)16-7-9-23(10-8-16)29(25,26)17-5-6-18(27-2)19(15-17)28-3/h5-6,15-16H,4,7-14H2,1-3H3/p+1. The first kappa shape index (κ1) is 21.9. The Hall–Kier alpha value is -1.84. The van der Waals surface area contributed by atoms with Gasteiger partial charge >= 0.3 is 0 Å². The maximum Gasteiger partial charge on any atom is 0.243 e. The van der Waals surface area contributed by atoms with E-state index < -0.39 is 10.0 Å². The van der Waals surface area contributed by atoms with Gasteiger partial charge in [-0.3, -0.25) is 4.79 Å². The fraction of sp³-hybridized carbons (Fsp3) is 0.650. The molecule has 162 valence electrons. The van der Waals surface area contributed by atoms with Gasteiger partial charge in [-0.05, 0) is 31.9 Å². The Morgan fingerprint density at radius 1 is 1.07 bits per heavy atom. The zero-order chi connectivity index (χ0) is 21.0. The topological polar surface area (TPSA) is 80.6 Å². The molecule has 0 spiro atoms. The number of carbonyl (C=O) groups is 1. The second kappa shape index (κ2) is 9.32. The fourth-order valence-corrected chi connectivity index (χ4v) is 5.61. The largest absolute Gasteiger partial charge is 0.493 e. The second-order valence-corrected chi connectivity index (χ2v) is 9.56. The van der Waals surface area contributed by atoms with Crippen molar-refractivity contribution in [1.82, 2.24) is 9.21 Å². The highest BCUT2D eigenvalue weighted by Crippen LogP contribution is 2.32. The summed E-state index contributed by atoms with van der Waals surface area (Å²) in [4.78, 5) is 16.5. The number of likely N-dealkylation sites (N-methyl/N-ethyl adjacent to an activating group) is 1. The Bertz CT molecular complexity index is 813. The van der Waals surface area contributed by atoms with Crippen LogP contribution >= 0.6 is 0 Å². The van der Waals surface area contributed by atoms with E-state index in [1.165, 1.54) is 35.6 Å². The number of hydrogen-bond donors (Lipinski definition) is 1. The van der Waals surface area contributed by atoms with Crippen molar-refractivity contribution in [3.8, 4) is 11.5 Å². The highest BCUT2D eigenvalue weighted by Gasteiger charge is 2.35. The van der Waals surface area contributed by atoms with Crippen molar-refractivity contribution in [3.63, 3.8) is 0 Å². The fourth-order valence-electron chi connectivity index (χ4n) is 4.12. The predicted octanol–water partition coefficient (Wildman–Crippen LogP) is -0.148. The molecule has 0 saturated carbocycles. The van der Waals surface area contributed by atoms with Gasteiger partial charge in [0.25, 0.3) is 0 Å². The molecule has 0 bridgehead atoms. The van der Waals surface area contributed by atoms with E-state index in [9.17, 15) is 13.2 Å². The maximum absolute atomic E-state index is 13.0. The molecule has 1 amide bonds. The van der Waals surface area contributed by atoms with Crippen LogP contribution in [0.2, 0.25) is 0 Å². The van der Waals surface area contributed by atoms with Crippen molar-refractivity contribution >= 4 is 15.9 Å². The summed E-state index contributed by atoms with van der Waals surface area (Å²) >= 11 is 0. The number of sulfonamides is 1. The number of benzene rings is 1. The summed E-state index contributed by atoms with van der Waals surface area (Å²) in [7, 11) is -0.644. The van der Waals surface area contributed by atoms with Crippen LogP contribution in [-0.2, 0) is 14.8 Å². The van der Waals surface area contributed by atoms with Gasteiger partial charge in [-0.15, -0.1) is 0 Å². The van der Waals surface area contributed by atoms with E-state index in [0.29, 0.717) is 37.4 Å². The van der Waals surface area contributed by atoms with Gasteiger partial charge in [-0.1, -0.05) is 0 Å². The van der Waals surface area contributed by atoms with Gasteiger partial charge in [-0.2, -0.15) is 4.31 Å². The van der Waals surface area contributed by atoms with Gasteiger partial charge in [-0.25, -0.2) is 8.42 Å². The molecular weight excluding hydrogens is 394 g/mol. The van der Waals surface area contributed by atoms with Gasteiger partial charge in [0.15, 0.2) is 11.5 Å². The van der Waals surface area contributed by atoms with E-state index in [-0.39, 0.29) is 16.7 Å². The Labute approximate surface area is 173 Å². The van der Waals surface area contributed by atoms with Crippen LogP contribution in [0.25, 0.3) is 0 Å². The third kappa shape index (κ3) is 4.67. The van der Waals surface area contributed by atoms with Crippen LogP contribution in [0.1, 0.15) is 19.8 Å². The summed E-state index contributed by atoms with van der Waals surface area (Å²) in [6.45, 7) is 7.55. The molecule has 0 aromatic heterocycles. The normalized spacial score (nSPS) is 19.9. The Balaban J connectivity index is 1.62. The van der Waals surface area contributed by atoms with Gasteiger partial charge in [0, 0.05) is 25.1 Å². The lowest BCUT2D eigenvalue weighted by molar-refractivity contribution is -0.902. The number of nitrogens with zero attached hydrogens (tertiary/aromatic N) is 2. The summed E-state index contributed by atoms with van der Waals surface area (Å²) in [6.07, 6.45) is 1.12. The van der Waals surface area contributed by atoms with Crippen molar-refractivity contribution in [1.29, 1.82) is 0 Å². The summed E-state index contributed by atoms with van der Waals surface area (Å²) in [6, 6.07) is 4.62. The Morgan fingerprint density at radius 3 is 2.24 bits per heavy atom. The van der Waals surface area contributed by atoms with Gasteiger partial charge in [0.05, 0.1) is 51.8 Å². The number of amides is 1. The van der Waals surface area contributed by atoms with Gasteiger partial charge in [0.2, 0.25) is 15.9 Å². The van der Waals surface area contributed by atoms with Crippen LogP contribution in [0.5, 0.6) is 11.5 Å². The number of quaternary nitrogens is 1. The minimum atomic E-state index is -3.63. The van der Waals surface area contributed by atoms with E-state index in [4.69, 9.17) is 9.47 Å². The quantitative estimate of drug-likeness (QED) is 0.685. The third-order valence-electron chi connectivity index (χ3n) is 6.08. The third-order valence-corrected chi connectivity index (χ3v) is 7.97. The molecule has 2 heterocycles. The van der Waals surface area contributed by atoms with Crippen molar-refractivity contribution in [2.45, 2.75) is 24.7 Å². The molecule has 8 nitrogen and oxygen atoms in total. The molecule has 1 N–H and O–H groups in total. The van der Waals surface area contributed by atoms with Crippen LogP contribution < -0.4 is 14.4 Å². The minimum Gasteiger partial charge on any atom is -0.493 e. The van der Waals surface area contributed by atoms with E-state index in [1.54, 1.807) is 6.07 Å². The second-order valence-electron chi connectivity index (χ2n) is 7.62. The molecule has 1 aromatic rings. The molecule has 29 heavy (non-hydrogen) atoms. The molecule has 2 fully saturated rings. The lowest BCUT2D eigenvalue weighted by Gasteiger charge is -2.36. The molecule has 0 radical (unpaired) electrons. The molecule has 0 unspecified atom stereocenters. The number of methoxy groups -OCH3 is 2. The summed E-state index contributed by atoms with van der Waals surface area (Å²) < 4.78 is 38.0. The number of hydrogen-bond acceptors (Lipinski definition) is 5. The van der Waals surface area contributed by atoms with Crippen LogP contribution in [-0.4, -0.2) is 83.6 Å². The zero-order valence-corrected chi connectivity index (χ0v) is 18.3. The number of piperazine rings is 1. The summed E-state index contributed by atoms with van der Waals surface area (Å²) in [5.41, 5.74) is 0. The monoisotopic (exact) mass is 426 g/mol. The predicted molar refractivity (Wildman–Crippen MR) is 109 cm³/mol. The minimum absolute atomic E-state index is 0.0879. The molecular formula is C20H32N3O5S+. The average Bonchev–Trinajstić information content (AvgIpc) is 2.78. The zero-order valence-electron chi connectivity index (χ0n) is 17.5. The molecule has 1 aromatic carbocycles. The average molecular weight is 427 g/mol. The van der Waals surface area contributed by atoms with Crippen molar-refractivity contribution in [2.24, 2.45) is 5.92 Å². The number of rotatable bonds is 6. The molecule has 3 rings (SSSR count). The first-order chi connectivity index (χ1) is 13.9. The Kier molecular flexibility index (Phi) is 7.02. The molecule has 2 aliphatic rings. The Morgan fingerprint density at radius 2 is 1.69 bits per heavy atom. The van der Waals surface area contributed by atoms with Crippen LogP contribution in [0, 0.1) is 5.92 Å². The molecule has 0 aliphatic carbocycles. The smallest absolute Gasteiger partial charge is 0.243 e. The van der Waals surface area contributed by atoms with Crippen LogP contribution in [0.15, 0.2) is 23.1 Å². The van der Waals surface area contributed by atoms with E-state index in [2.05, 4.69) is 6.92 Å². The van der Waals surface area contributed by atoms with Crippen molar-refractivity contribution in [2.75, 3.05) is 60.0 Å². The summed E-state index contributed by atoms with van der Waals surface area (Å²) in [5, 5.41) is 0. The molecule has 0 atom stereocenters. The summed E-state index contributed by atoms with van der Waals surface area (Å²) in [5.74, 6) is 0.964. The maximum atomic E-state index is 13.0. The number of piperidine rings is 1. The number of ether oxygens (including phenoxy) is 2. The van der Waals surface area contributed by atoms with Crippen molar-refractivity contribution in [3.05, 3.63) is 18.2 Å². The van der Waals surface area contributed by atoms with Crippen molar-refractivity contribution < 1.29 is 27.6 Å². The number of nitrogens with one attached hydrogen (secondary N) is 1. The van der Waals surface area contributed by atoms with Crippen LogP contribution in [0.3, 0.4) is 0 Å². The lowest BCUT2D eigenvalue weighted by atomic mass is 9.96. The first-order valence-electron chi connectivity index (χ1n) is 10.2. The van der Waals surface area contributed by atoms with E-state index in [1.807, 2.05) is 4.90 Å². The first-order valence-corrected chi connectivity index (χ1v) is 11.7. The van der Waals surface area contributed by atoms with E-state index >= 15 is 0 Å². The SMILES string of the molecule is CC[NH+]1CCN(C(=O)C2CCN(S(=O)(=O)c3ccc(OC)c(OC)c3)CC2)CC1. The van der Waals surface area contributed by atoms with Gasteiger partial charge in [0.1, 0.15) is 0 Å². The molecule has 2 saturated heterocycles. The van der Waals surface area contributed by atoms with E-state index in [0.717, 1.165) is 32.7 Å².